The maximum Gasteiger partial charge on any atom is 0.256 e. The smallest absolute Gasteiger partial charge is 0.256 e. The largest absolute Gasteiger partial charge is 0.493 e. The number of ether oxygens (including phenoxy) is 1. The first-order chi connectivity index (χ1) is 9.93. The third kappa shape index (κ3) is 2.77. The summed E-state index contributed by atoms with van der Waals surface area (Å²) in [6.45, 7) is 6.96. The molecule has 0 saturated carbocycles. The molecule has 110 valence electrons. The quantitative estimate of drug-likeness (QED) is 0.891. The molecule has 21 heavy (non-hydrogen) atoms. The molecule has 1 aliphatic heterocycles. The second-order valence-electron chi connectivity index (χ2n) is 6.29. The average Bonchev–Trinajstić information content (AvgIpc) is 3.04. The first-order valence-electron chi connectivity index (χ1n) is 7.06. The molecule has 5 heteroatoms. The van der Waals surface area contributed by atoms with Crippen LogP contribution in [0.1, 0.15) is 42.4 Å². The van der Waals surface area contributed by atoms with E-state index in [4.69, 9.17) is 4.74 Å². The summed E-state index contributed by atoms with van der Waals surface area (Å²) in [5.41, 5.74) is 2.67. The molecule has 0 bridgehead atoms. The van der Waals surface area contributed by atoms with Crippen LogP contribution in [0.15, 0.2) is 24.3 Å². The minimum atomic E-state index is -0.156. The van der Waals surface area contributed by atoms with Crippen LogP contribution in [0.2, 0.25) is 0 Å². The molecule has 2 N–H and O–H groups in total. The summed E-state index contributed by atoms with van der Waals surface area (Å²) < 4.78 is 5.44. The Kier molecular flexibility index (Phi) is 3.20. The highest BCUT2D eigenvalue weighted by molar-refractivity contribution is 6.04. The molecule has 1 aliphatic rings. The number of hydrogen-bond acceptors (Lipinski definition) is 3. The zero-order valence-electron chi connectivity index (χ0n) is 12.5. The lowest BCUT2D eigenvalue weighted by atomic mass is 9.92. The molecule has 0 saturated heterocycles. The van der Waals surface area contributed by atoms with E-state index in [1.807, 2.05) is 18.2 Å². The fourth-order valence-electron chi connectivity index (χ4n) is 2.29. The Balaban J connectivity index is 1.76. The van der Waals surface area contributed by atoms with Crippen molar-refractivity contribution in [2.75, 3.05) is 11.9 Å². The number of carbonyl (C=O) groups excluding carboxylic acids is 1. The molecule has 1 aromatic carbocycles. The number of aromatic amines is 1. The van der Waals surface area contributed by atoms with Crippen LogP contribution >= 0.6 is 0 Å². The van der Waals surface area contributed by atoms with Crippen molar-refractivity contribution < 1.29 is 9.53 Å². The van der Waals surface area contributed by atoms with Crippen molar-refractivity contribution in [3.8, 4) is 5.75 Å². The second-order valence-corrected chi connectivity index (χ2v) is 6.29. The van der Waals surface area contributed by atoms with Gasteiger partial charge in [0.2, 0.25) is 0 Å². The van der Waals surface area contributed by atoms with Crippen molar-refractivity contribution in [2.24, 2.45) is 0 Å². The van der Waals surface area contributed by atoms with E-state index >= 15 is 0 Å². The molecule has 3 rings (SSSR count). The van der Waals surface area contributed by atoms with E-state index in [-0.39, 0.29) is 11.3 Å². The Morgan fingerprint density at radius 1 is 1.33 bits per heavy atom. The number of nitrogens with one attached hydrogen (secondary N) is 2. The summed E-state index contributed by atoms with van der Waals surface area (Å²) in [4.78, 5) is 12.3. The van der Waals surface area contributed by atoms with Gasteiger partial charge in [-0.05, 0) is 23.8 Å². The predicted octanol–water partition coefficient (Wildman–Crippen LogP) is 2.89. The van der Waals surface area contributed by atoms with Gasteiger partial charge in [-0.2, -0.15) is 5.10 Å². The summed E-state index contributed by atoms with van der Waals surface area (Å²) in [5.74, 6) is 1.26. The van der Waals surface area contributed by atoms with Gasteiger partial charge in [-0.3, -0.25) is 9.89 Å². The highest BCUT2D eigenvalue weighted by atomic mass is 16.5. The van der Waals surface area contributed by atoms with E-state index < -0.39 is 0 Å². The number of hydrogen-bond donors (Lipinski definition) is 2. The zero-order valence-corrected chi connectivity index (χ0v) is 12.5. The van der Waals surface area contributed by atoms with E-state index in [2.05, 4.69) is 36.3 Å². The van der Waals surface area contributed by atoms with E-state index in [9.17, 15) is 4.79 Å². The first-order valence-corrected chi connectivity index (χ1v) is 7.06. The maximum atomic E-state index is 12.3. The molecule has 0 spiro atoms. The van der Waals surface area contributed by atoms with Gasteiger partial charge < -0.3 is 10.1 Å². The van der Waals surface area contributed by atoms with Crippen molar-refractivity contribution >= 4 is 11.7 Å². The van der Waals surface area contributed by atoms with Gasteiger partial charge in [0.05, 0.1) is 6.61 Å². The Morgan fingerprint density at radius 2 is 2.14 bits per heavy atom. The van der Waals surface area contributed by atoms with Crippen molar-refractivity contribution in [1.82, 2.24) is 10.2 Å². The van der Waals surface area contributed by atoms with Crippen LogP contribution in [-0.4, -0.2) is 22.7 Å². The molecule has 5 nitrogen and oxygen atoms in total. The molecule has 2 heterocycles. The summed E-state index contributed by atoms with van der Waals surface area (Å²) in [5, 5.41) is 9.92. The van der Waals surface area contributed by atoms with Gasteiger partial charge in [0, 0.05) is 29.2 Å². The van der Waals surface area contributed by atoms with Gasteiger partial charge in [0.15, 0.2) is 5.82 Å². The van der Waals surface area contributed by atoms with E-state index in [0.29, 0.717) is 18.0 Å². The summed E-state index contributed by atoms with van der Waals surface area (Å²) in [6, 6.07) is 7.38. The van der Waals surface area contributed by atoms with E-state index in [1.54, 1.807) is 6.07 Å². The Labute approximate surface area is 123 Å². The summed E-state index contributed by atoms with van der Waals surface area (Å²) >= 11 is 0. The average molecular weight is 285 g/mol. The Morgan fingerprint density at radius 3 is 2.86 bits per heavy atom. The molecule has 0 aliphatic carbocycles. The van der Waals surface area contributed by atoms with Crippen LogP contribution in [0, 0.1) is 0 Å². The van der Waals surface area contributed by atoms with Crippen LogP contribution in [0.4, 0.5) is 5.82 Å². The topological polar surface area (TPSA) is 67.0 Å². The van der Waals surface area contributed by atoms with Gasteiger partial charge >= 0.3 is 0 Å². The second kappa shape index (κ2) is 4.91. The molecule has 1 amide bonds. The number of aromatic nitrogens is 2. The molecule has 0 radical (unpaired) electrons. The number of H-pyrrole nitrogens is 1. The number of nitrogens with zero attached hydrogens (tertiary/aromatic N) is 1. The van der Waals surface area contributed by atoms with Gasteiger partial charge in [-0.1, -0.05) is 20.8 Å². The van der Waals surface area contributed by atoms with Crippen LogP contribution < -0.4 is 10.1 Å². The number of benzene rings is 1. The normalized spacial score (nSPS) is 13.7. The van der Waals surface area contributed by atoms with Crippen LogP contribution in [0.5, 0.6) is 5.75 Å². The molecule has 0 atom stereocenters. The number of anilines is 1. The van der Waals surface area contributed by atoms with E-state index in [1.165, 1.54) is 0 Å². The number of carbonyl (C=O) groups is 1. The zero-order chi connectivity index (χ0) is 15.0. The van der Waals surface area contributed by atoms with E-state index in [0.717, 1.165) is 23.4 Å². The third-order valence-electron chi connectivity index (χ3n) is 3.58. The van der Waals surface area contributed by atoms with Gasteiger partial charge in [0.1, 0.15) is 5.75 Å². The number of fused-ring (bicyclic) bond motifs is 1. The van der Waals surface area contributed by atoms with Crippen molar-refractivity contribution in [1.29, 1.82) is 0 Å². The standard InChI is InChI=1S/C16H19N3O2/c1-16(2,3)13-9-14(19-18-13)17-15(20)11-4-5-12-10(8-11)6-7-21-12/h4-5,8-9H,6-7H2,1-3H3,(H2,17,18,19,20). The molecular formula is C16H19N3O2. The monoisotopic (exact) mass is 285 g/mol. The molecule has 1 aromatic heterocycles. The molecule has 0 fully saturated rings. The van der Waals surface area contributed by atoms with Gasteiger partial charge in [-0.15, -0.1) is 0 Å². The molecule has 2 aromatic rings. The summed E-state index contributed by atoms with van der Waals surface area (Å²) in [6.07, 6.45) is 0.854. The fourth-order valence-corrected chi connectivity index (χ4v) is 2.29. The minimum absolute atomic E-state index is 0.0269. The Hall–Kier alpha value is -2.30. The van der Waals surface area contributed by atoms with Crippen LogP contribution in [-0.2, 0) is 11.8 Å². The number of amides is 1. The molecular weight excluding hydrogens is 266 g/mol. The van der Waals surface area contributed by atoms with Crippen LogP contribution in [0.3, 0.4) is 0 Å². The lowest BCUT2D eigenvalue weighted by Crippen LogP contribution is -2.12. The Bertz CT molecular complexity index is 683. The fraction of sp³-hybridized carbons (Fsp3) is 0.375. The lowest BCUT2D eigenvalue weighted by Gasteiger charge is -2.14. The van der Waals surface area contributed by atoms with Gasteiger partial charge in [0.25, 0.3) is 5.91 Å². The van der Waals surface area contributed by atoms with Crippen molar-refractivity contribution in [2.45, 2.75) is 32.6 Å². The predicted molar refractivity (Wildman–Crippen MR) is 80.9 cm³/mol. The van der Waals surface area contributed by atoms with Crippen molar-refractivity contribution in [3.05, 3.63) is 41.1 Å². The van der Waals surface area contributed by atoms with Gasteiger partial charge in [-0.25, -0.2) is 0 Å². The lowest BCUT2D eigenvalue weighted by molar-refractivity contribution is 0.102. The van der Waals surface area contributed by atoms with Crippen molar-refractivity contribution in [3.63, 3.8) is 0 Å². The molecule has 0 unspecified atom stereocenters. The minimum Gasteiger partial charge on any atom is -0.493 e. The number of rotatable bonds is 2. The first kappa shape index (κ1) is 13.7. The highest BCUT2D eigenvalue weighted by Crippen LogP contribution is 2.26. The highest BCUT2D eigenvalue weighted by Gasteiger charge is 2.19. The summed E-state index contributed by atoms with van der Waals surface area (Å²) in [7, 11) is 0. The third-order valence-corrected chi connectivity index (χ3v) is 3.58. The SMILES string of the molecule is CC(C)(C)c1cc(NC(=O)c2ccc3c(c2)CCO3)n[nH]1. The maximum absolute atomic E-state index is 12.3. The van der Waals surface area contributed by atoms with Crippen LogP contribution in [0.25, 0.3) is 0 Å².